The van der Waals surface area contributed by atoms with Gasteiger partial charge in [0, 0.05) is 34.2 Å². The molecular formula is C62H74S. The average Bonchev–Trinajstić information content (AvgIpc) is 3.66. The Hall–Kier alpha value is -3.29. The third-order valence-electron chi connectivity index (χ3n) is 19.6. The van der Waals surface area contributed by atoms with Crippen molar-refractivity contribution in [2.75, 3.05) is 0 Å². The molecule has 12 aliphatic rings. The quantitative estimate of drug-likeness (QED) is 0.230. The second kappa shape index (κ2) is 17.5. The molecule has 0 amide bonds. The molecule has 0 nitrogen and oxygen atoms in total. The summed E-state index contributed by atoms with van der Waals surface area (Å²) in [6.07, 6.45) is 75.7. The molecule has 1 heteroatoms. The van der Waals surface area contributed by atoms with E-state index in [4.69, 9.17) is 6.58 Å². The van der Waals surface area contributed by atoms with Gasteiger partial charge in [0.25, 0.3) is 0 Å². The fraction of sp³-hybridized carbons (Fsp3) is 0.548. The first-order chi connectivity index (χ1) is 31.2. The Labute approximate surface area is 385 Å². The second-order valence-electron chi connectivity index (χ2n) is 22.2. The van der Waals surface area contributed by atoms with Crippen molar-refractivity contribution in [3.05, 3.63) is 167 Å². The van der Waals surface area contributed by atoms with Gasteiger partial charge >= 0.3 is 0 Å². The van der Waals surface area contributed by atoms with Crippen molar-refractivity contribution in [3.8, 4) is 0 Å². The van der Waals surface area contributed by atoms with Crippen LogP contribution in [-0.2, 0) is 0 Å². The molecule has 0 aromatic rings. The predicted molar refractivity (Wildman–Crippen MR) is 269 cm³/mol. The highest BCUT2D eigenvalue weighted by atomic mass is 32.2. The van der Waals surface area contributed by atoms with Gasteiger partial charge in [-0.3, -0.25) is 0 Å². The van der Waals surface area contributed by atoms with Gasteiger partial charge in [-0.1, -0.05) is 150 Å². The van der Waals surface area contributed by atoms with Crippen molar-refractivity contribution < 1.29 is 0 Å². The summed E-state index contributed by atoms with van der Waals surface area (Å²) in [5, 5.41) is 1.40. The highest BCUT2D eigenvalue weighted by Crippen LogP contribution is 2.75. The van der Waals surface area contributed by atoms with Crippen molar-refractivity contribution in [3.63, 3.8) is 0 Å². The third-order valence-corrected chi connectivity index (χ3v) is 21.2. The Morgan fingerprint density at radius 2 is 1.41 bits per heavy atom. The van der Waals surface area contributed by atoms with E-state index in [1.165, 1.54) is 119 Å². The van der Waals surface area contributed by atoms with E-state index in [-0.39, 0.29) is 0 Å². The molecule has 0 radical (unpaired) electrons. The van der Waals surface area contributed by atoms with E-state index in [1.807, 2.05) is 16.7 Å². The zero-order chi connectivity index (χ0) is 41.9. The molecule has 0 N–H and O–H groups in total. The first kappa shape index (κ1) is 41.2. The van der Waals surface area contributed by atoms with E-state index in [2.05, 4.69) is 133 Å². The van der Waals surface area contributed by atoms with E-state index < -0.39 is 0 Å². The van der Waals surface area contributed by atoms with Crippen molar-refractivity contribution in [1.82, 2.24) is 0 Å². The molecular weight excluding hydrogens is 777 g/mol. The Bertz CT molecular complexity index is 2190. The molecule has 12 atom stereocenters. The van der Waals surface area contributed by atoms with Gasteiger partial charge in [0.05, 0.1) is 0 Å². The van der Waals surface area contributed by atoms with Crippen LogP contribution in [0.4, 0.5) is 0 Å². The van der Waals surface area contributed by atoms with Gasteiger partial charge in [-0.2, -0.15) is 0 Å². The molecule has 0 aromatic heterocycles. The summed E-state index contributed by atoms with van der Waals surface area (Å²) in [6, 6.07) is 0. The number of thioether (sulfide) groups is 1. The number of rotatable bonds is 7. The number of fused-ring (bicyclic) bond motifs is 10. The molecule has 0 bridgehead atoms. The maximum Gasteiger partial charge on any atom is 0.0267 e. The van der Waals surface area contributed by atoms with Crippen LogP contribution in [0, 0.1) is 76.4 Å². The zero-order valence-electron chi connectivity index (χ0n) is 38.2. The number of hydrogen-bond acceptors (Lipinski definition) is 1. The van der Waals surface area contributed by atoms with Crippen LogP contribution in [0.15, 0.2) is 167 Å². The minimum Gasteiger partial charge on any atom is -0.146 e. The molecule has 1 spiro atoms. The van der Waals surface area contributed by atoms with Crippen LogP contribution in [0.2, 0.25) is 0 Å². The summed E-state index contributed by atoms with van der Waals surface area (Å²) in [5.74, 6) is 8.04. The number of hydrogen-bond donors (Lipinski definition) is 0. The number of allylic oxidation sites excluding steroid dienone is 25. The highest BCUT2D eigenvalue weighted by Gasteiger charge is 2.70. The van der Waals surface area contributed by atoms with E-state index in [1.54, 1.807) is 5.57 Å². The highest BCUT2D eigenvalue weighted by molar-refractivity contribution is 8.00. The maximum absolute atomic E-state index is 5.09. The summed E-state index contributed by atoms with van der Waals surface area (Å²) >= 11 is 2.37. The summed E-state index contributed by atoms with van der Waals surface area (Å²) in [7, 11) is 0. The van der Waals surface area contributed by atoms with E-state index in [0.29, 0.717) is 51.4 Å². The van der Waals surface area contributed by atoms with Gasteiger partial charge in [0.1, 0.15) is 0 Å². The Balaban J connectivity index is 0.841. The van der Waals surface area contributed by atoms with E-state index in [0.717, 1.165) is 54.8 Å². The molecule has 3 fully saturated rings. The minimum atomic E-state index is 0.420. The van der Waals surface area contributed by atoms with Crippen LogP contribution < -0.4 is 0 Å². The molecule has 328 valence electrons. The zero-order valence-corrected chi connectivity index (χ0v) is 39.0. The lowest BCUT2D eigenvalue weighted by atomic mass is 9.49. The lowest BCUT2D eigenvalue weighted by molar-refractivity contribution is -0.0305. The van der Waals surface area contributed by atoms with Crippen molar-refractivity contribution in [2.24, 2.45) is 76.4 Å². The molecule has 2 saturated carbocycles. The second-order valence-corrected chi connectivity index (χ2v) is 23.6. The molecule has 0 aromatic carbocycles. The monoisotopic (exact) mass is 851 g/mol. The Morgan fingerprint density at radius 1 is 0.603 bits per heavy atom. The molecule has 11 aliphatic carbocycles. The average molecular weight is 851 g/mol. The lowest BCUT2D eigenvalue weighted by Crippen LogP contribution is -2.57. The summed E-state index contributed by atoms with van der Waals surface area (Å²) in [5.41, 5.74) is 12.4. The van der Waals surface area contributed by atoms with E-state index >= 15 is 0 Å². The molecule has 1 saturated heterocycles. The first-order valence-electron chi connectivity index (χ1n) is 26.4. The molecule has 12 rings (SSSR count). The summed E-state index contributed by atoms with van der Waals surface area (Å²) in [4.78, 5) is 0. The fourth-order valence-corrected chi connectivity index (χ4v) is 18.9. The van der Waals surface area contributed by atoms with Crippen LogP contribution in [0.1, 0.15) is 122 Å². The van der Waals surface area contributed by atoms with Crippen LogP contribution in [0.3, 0.4) is 0 Å². The van der Waals surface area contributed by atoms with Crippen LogP contribution >= 0.6 is 11.8 Å². The largest absolute Gasteiger partial charge is 0.146 e. The topological polar surface area (TPSA) is 0 Å². The van der Waals surface area contributed by atoms with Gasteiger partial charge in [-0.15, -0.1) is 11.8 Å². The lowest BCUT2D eigenvalue weighted by Gasteiger charge is -2.61. The van der Waals surface area contributed by atoms with Gasteiger partial charge in [0.2, 0.25) is 0 Å². The molecule has 1 heterocycles. The molecule has 63 heavy (non-hydrogen) atoms. The molecule has 1 aliphatic heterocycles. The van der Waals surface area contributed by atoms with Crippen LogP contribution in [0.25, 0.3) is 0 Å². The Kier molecular flexibility index (Phi) is 11.4. The van der Waals surface area contributed by atoms with Gasteiger partial charge in [-0.05, 0) is 191 Å². The smallest absolute Gasteiger partial charge is 0.0267 e. The van der Waals surface area contributed by atoms with Crippen molar-refractivity contribution in [2.45, 2.75) is 132 Å². The first-order valence-corrected chi connectivity index (χ1v) is 27.3. The van der Waals surface area contributed by atoms with Crippen molar-refractivity contribution in [1.29, 1.82) is 0 Å². The normalized spacial score (nSPS) is 42.6. The van der Waals surface area contributed by atoms with E-state index in [9.17, 15) is 0 Å². The van der Waals surface area contributed by atoms with Crippen molar-refractivity contribution >= 4 is 11.8 Å². The Morgan fingerprint density at radius 3 is 2.14 bits per heavy atom. The van der Waals surface area contributed by atoms with Crippen LogP contribution in [0.5, 0.6) is 0 Å². The van der Waals surface area contributed by atoms with Gasteiger partial charge in [0.15, 0.2) is 0 Å². The van der Waals surface area contributed by atoms with Crippen LogP contribution in [-0.4, -0.2) is 10.5 Å². The fourth-order valence-electron chi connectivity index (χ4n) is 17.1. The van der Waals surface area contributed by atoms with Gasteiger partial charge in [-0.25, -0.2) is 0 Å². The summed E-state index contributed by atoms with van der Waals surface area (Å²) in [6.45, 7) is 5.09. The summed E-state index contributed by atoms with van der Waals surface area (Å²) < 4.78 is 0. The standard InChI is InChI=1S/C62H74S/c1-41(42-27-29-45(30-28-42)43-15-4-2-5-16-43)59(49-35-31-46(32-36-49)44-17-6-3-7-18-44)50-37-33-48(34-38-50)52-21-14-24-55-60(52)61-51-20-9-8-19-47(51)39-40-56(61)62(55)53-22-10-12-25-57(53)63-58-26-13-11-23-54(58)62/h2,4-6,12-15,17-18,21,24-27,29-31,35-36,42-43,46,48,50,53-61H,1,3,7-11,16,19-20,22-23,28,32-34,37-40H2/t42?,43?,46?,48?,50?,53?,54?,55?,56?,57?,58?,59-,60?,61?,62?/m0/s1. The predicted octanol–water partition coefficient (Wildman–Crippen LogP) is 16.4. The maximum atomic E-state index is 5.09. The SMILES string of the molecule is C=C(C1C=CC(C2C=CC=CC2)=CC1)[C@@H](C1=CCC(C2=CCCC=C2)C=C1)C1CCC(C2=CC=CC3C2C2C4=C(CCCC4)CCC2C32C3CCC=CC3SC3C=CCCC32)CC1. The molecule has 11 unspecified atom stereocenters. The van der Waals surface area contributed by atoms with Gasteiger partial charge < -0.3 is 0 Å². The minimum absolute atomic E-state index is 0.420. The third kappa shape index (κ3) is 7.13.